The van der Waals surface area contributed by atoms with Gasteiger partial charge in [0.15, 0.2) is 0 Å². The van der Waals surface area contributed by atoms with E-state index in [9.17, 15) is 0 Å². The van der Waals surface area contributed by atoms with E-state index in [4.69, 9.17) is 9.97 Å². The zero-order valence-electron chi connectivity index (χ0n) is 28.5. The lowest BCUT2D eigenvalue weighted by Gasteiger charge is -2.12. The van der Waals surface area contributed by atoms with Gasteiger partial charge in [0.25, 0.3) is 0 Å². The topological polar surface area (TPSA) is 25.8 Å². The van der Waals surface area contributed by atoms with Crippen LogP contribution in [0, 0.1) is 0 Å². The molecule has 0 N–H and O–H groups in total. The monoisotopic (exact) mass is 662 g/mol. The van der Waals surface area contributed by atoms with Crippen LogP contribution in [0.25, 0.3) is 89.1 Å². The molecule has 0 unspecified atom stereocenters. The lowest BCUT2D eigenvalue weighted by Crippen LogP contribution is -1.94. The van der Waals surface area contributed by atoms with E-state index in [2.05, 4.69) is 194 Å². The van der Waals surface area contributed by atoms with Crippen LogP contribution >= 0.6 is 0 Å². The summed E-state index contributed by atoms with van der Waals surface area (Å²) in [7, 11) is 0. The first-order valence-electron chi connectivity index (χ1n) is 17.6. The van der Waals surface area contributed by atoms with Gasteiger partial charge in [0.2, 0.25) is 0 Å². The minimum Gasteiger partial charge on any atom is -0.255 e. The van der Waals surface area contributed by atoms with Crippen LogP contribution in [-0.4, -0.2) is 9.97 Å². The van der Waals surface area contributed by atoms with Crippen molar-refractivity contribution >= 4 is 10.8 Å². The number of nitrogens with zero attached hydrogens (tertiary/aromatic N) is 2. The van der Waals surface area contributed by atoms with Gasteiger partial charge >= 0.3 is 0 Å². The number of rotatable bonds is 7. The molecule has 244 valence electrons. The van der Waals surface area contributed by atoms with Crippen molar-refractivity contribution in [2.75, 3.05) is 0 Å². The van der Waals surface area contributed by atoms with Gasteiger partial charge in [0, 0.05) is 17.1 Å². The number of benzene rings is 7. The Morgan fingerprint density at radius 2 is 0.673 bits per heavy atom. The molecule has 0 spiro atoms. The molecule has 0 aliphatic rings. The summed E-state index contributed by atoms with van der Waals surface area (Å²) < 4.78 is 0. The average molecular weight is 663 g/mol. The van der Waals surface area contributed by atoms with Gasteiger partial charge in [-0.3, -0.25) is 4.98 Å². The van der Waals surface area contributed by atoms with Crippen molar-refractivity contribution in [3.63, 3.8) is 0 Å². The molecule has 9 aromatic rings. The summed E-state index contributed by atoms with van der Waals surface area (Å²) in [5.74, 6) is 0. The Kier molecular flexibility index (Phi) is 8.24. The molecule has 2 aromatic heterocycles. The minimum absolute atomic E-state index is 0.859. The highest BCUT2D eigenvalue weighted by atomic mass is 14.8. The van der Waals surface area contributed by atoms with Crippen LogP contribution in [0.4, 0.5) is 0 Å². The summed E-state index contributed by atoms with van der Waals surface area (Å²) in [6, 6.07) is 71.0. The number of pyridine rings is 2. The highest BCUT2D eigenvalue weighted by Crippen LogP contribution is 2.35. The predicted octanol–water partition coefficient (Wildman–Crippen LogP) is 13.3. The number of fused-ring (bicyclic) bond motifs is 1. The van der Waals surface area contributed by atoms with Crippen LogP contribution in [0.2, 0.25) is 0 Å². The molecule has 0 aliphatic heterocycles. The van der Waals surface area contributed by atoms with Gasteiger partial charge in [-0.2, -0.15) is 0 Å². The standard InChI is InChI=1S/C50H34N2/c1-3-13-35(14-4-1)37-18-9-19-38(29-37)39-20-10-21-40(30-39)41-22-11-23-42(31-41)43-24-12-25-46(32-43)48-34-45-17-7-8-26-47(45)50(52-48)49-33-44(27-28-51-49)36-15-5-2-6-16-36/h1-34H. The summed E-state index contributed by atoms with van der Waals surface area (Å²) in [6.07, 6.45) is 1.88. The van der Waals surface area contributed by atoms with Crippen molar-refractivity contribution in [1.82, 2.24) is 9.97 Å². The lowest BCUT2D eigenvalue weighted by molar-refractivity contribution is 1.27. The first kappa shape index (κ1) is 31.1. The minimum atomic E-state index is 0.859. The molecule has 0 atom stereocenters. The Morgan fingerprint density at radius 1 is 0.269 bits per heavy atom. The molecule has 0 fully saturated rings. The SMILES string of the molecule is c1ccc(-c2cccc(-c3cccc(-c4cccc(-c5cccc(-c6cc7ccccc7c(-c7cc(-c8ccccc8)ccn7)n6)c5)c4)c3)c2)cc1. The maximum absolute atomic E-state index is 5.28. The van der Waals surface area contributed by atoms with E-state index in [0.717, 1.165) is 55.7 Å². The van der Waals surface area contributed by atoms with E-state index in [1.165, 1.54) is 33.4 Å². The molecule has 7 aromatic carbocycles. The van der Waals surface area contributed by atoms with Crippen LogP contribution in [0.15, 0.2) is 206 Å². The maximum Gasteiger partial charge on any atom is 0.0972 e. The molecule has 2 heteroatoms. The summed E-state index contributed by atoms with van der Waals surface area (Å²) in [6.45, 7) is 0. The molecule has 0 radical (unpaired) electrons. The second-order valence-corrected chi connectivity index (χ2v) is 13.1. The molecule has 2 nitrogen and oxygen atoms in total. The number of aromatic nitrogens is 2. The first-order chi connectivity index (χ1) is 25.7. The Balaban J connectivity index is 1.06. The third-order valence-electron chi connectivity index (χ3n) is 9.70. The van der Waals surface area contributed by atoms with Crippen LogP contribution < -0.4 is 0 Å². The fourth-order valence-electron chi connectivity index (χ4n) is 7.04. The van der Waals surface area contributed by atoms with E-state index >= 15 is 0 Å². The van der Waals surface area contributed by atoms with E-state index < -0.39 is 0 Å². The highest BCUT2D eigenvalue weighted by Gasteiger charge is 2.13. The molecular weight excluding hydrogens is 629 g/mol. The third-order valence-corrected chi connectivity index (χ3v) is 9.70. The van der Waals surface area contributed by atoms with Crippen molar-refractivity contribution in [3.8, 4) is 78.3 Å². The van der Waals surface area contributed by atoms with Crippen LogP contribution in [0.1, 0.15) is 0 Å². The van der Waals surface area contributed by atoms with Crippen molar-refractivity contribution in [2.24, 2.45) is 0 Å². The number of hydrogen-bond donors (Lipinski definition) is 0. The fourth-order valence-corrected chi connectivity index (χ4v) is 7.04. The number of hydrogen-bond acceptors (Lipinski definition) is 2. The zero-order chi connectivity index (χ0) is 34.7. The van der Waals surface area contributed by atoms with Gasteiger partial charge in [-0.15, -0.1) is 0 Å². The van der Waals surface area contributed by atoms with Gasteiger partial charge < -0.3 is 0 Å². The molecule has 2 heterocycles. The molecule has 9 rings (SSSR count). The quantitative estimate of drug-likeness (QED) is 0.170. The van der Waals surface area contributed by atoms with E-state index in [-0.39, 0.29) is 0 Å². The molecule has 0 amide bonds. The predicted molar refractivity (Wildman–Crippen MR) is 218 cm³/mol. The van der Waals surface area contributed by atoms with Crippen molar-refractivity contribution < 1.29 is 0 Å². The van der Waals surface area contributed by atoms with Crippen LogP contribution in [0.5, 0.6) is 0 Å². The Hall–Kier alpha value is -6.90. The largest absolute Gasteiger partial charge is 0.255 e. The highest BCUT2D eigenvalue weighted by molar-refractivity contribution is 5.97. The molecule has 0 saturated heterocycles. The third kappa shape index (κ3) is 6.30. The molecule has 0 saturated carbocycles. The average Bonchev–Trinajstić information content (AvgIpc) is 3.24. The van der Waals surface area contributed by atoms with Gasteiger partial charge in [-0.25, -0.2) is 4.98 Å². The zero-order valence-corrected chi connectivity index (χ0v) is 28.5. The summed E-state index contributed by atoms with van der Waals surface area (Å²) in [4.78, 5) is 10.1. The Bertz CT molecular complexity index is 2680. The lowest BCUT2D eigenvalue weighted by atomic mass is 9.94. The second-order valence-electron chi connectivity index (χ2n) is 13.1. The van der Waals surface area contributed by atoms with Gasteiger partial charge in [0.05, 0.1) is 17.1 Å². The van der Waals surface area contributed by atoms with Gasteiger partial charge in [0.1, 0.15) is 0 Å². The van der Waals surface area contributed by atoms with Crippen LogP contribution in [-0.2, 0) is 0 Å². The Morgan fingerprint density at radius 3 is 1.21 bits per heavy atom. The second kappa shape index (κ2) is 13.8. The molecule has 52 heavy (non-hydrogen) atoms. The summed E-state index contributed by atoms with van der Waals surface area (Å²) >= 11 is 0. The van der Waals surface area contributed by atoms with Crippen LogP contribution in [0.3, 0.4) is 0 Å². The van der Waals surface area contributed by atoms with Gasteiger partial charge in [-0.1, -0.05) is 158 Å². The molecular formula is C50H34N2. The summed E-state index contributed by atoms with van der Waals surface area (Å²) in [5.41, 5.74) is 15.5. The fraction of sp³-hybridized carbons (Fsp3) is 0. The smallest absolute Gasteiger partial charge is 0.0972 e. The van der Waals surface area contributed by atoms with Gasteiger partial charge in [-0.05, 0) is 103 Å². The molecule has 0 bridgehead atoms. The van der Waals surface area contributed by atoms with Crippen molar-refractivity contribution in [2.45, 2.75) is 0 Å². The van der Waals surface area contributed by atoms with Crippen molar-refractivity contribution in [1.29, 1.82) is 0 Å². The van der Waals surface area contributed by atoms with E-state index in [0.29, 0.717) is 0 Å². The first-order valence-corrected chi connectivity index (χ1v) is 17.6. The van der Waals surface area contributed by atoms with Crippen molar-refractivity contribution in [3.05, 3.63) is 206 Å². The normalized spacial score (nSPS) is 11.1. The van der Waals surface area contributed by atoms with E-state index in [1.54, 1.807) is 0 Å². The summed E-state index contributed by atoms with van der Waals surface area (Å²) in [5, 5.41) is 2.22. The molecule has 0 aliphatic carbocycles. The Labute approximate surface area is 304 Å². The van der Waals surface area contributed by atoms with E-state index in [1.807, 2.05) is 12.3 Å². The maximum atomic E-state index is 5.28.